The summed E-state index contributed by atoms with van der Waals surface area (Å²) < 4.78 is 6.51. The minimum absolute atomic E-state index is 0.0455. The van der Waals surface area contributed by atoms with Gasteiger partial charge >= 0.3 is 0 Å². The second-order valence-electron chi connectivity index (χ2n) is 5.75. The third kappa shape index (κ3) is 5.32. The predicted octanol–water partition coefficient (Wildman–Crippen LogP) is 2.97. The molecule has 1 unspecified atom stereocenters. The van der Waals surface area contributed by atoms with Gasteiger partial charge in [-0.1, -0.05) is 15.9 Å². The van der Waals surface area contributed by atoms with Gasteiger partial charge < -0.3 is 15.4 Å². The molecule has 0 saturated carbocycles. The molecule has 1 atom stereocenters. The van der Waals surface area contributed by atoms with Crippen LogP contribution in [-0.4, -0.2) is 31.6 Å². The van der Waals surface area contributed by atoms with Crippen LogP contribution in [0.2, 0.25) is 0 Å². The minimum atomic E-state index is -0.0455. The molecule has 2 N–H and O–H groups in total. The molecule has 1 aromatic carbocycles. The summed E-state index contributed by atoms with van der Waals surface area (Å²) in [4.78, 5) is 12.2. The van der Waals surface area contributed by atoms with E-state index < -0.39 is 0 Å². The SMILES string of the molecule is CC(C)Oc1cc(Br)cc(C(=O)NCCC2CCNC2)c1. The average molecular weight is 355 g/mol. The van der Waals surface area contributed by atoms with Crippen LogP contribution < -0.4 is 15.4 Å². The summed E-state index contributed by atoms with van der Waals surface area (Å²) in [5.74, 6) is 1.35. The lowest BCUT2D eigenvalue weighted by Gasteiger charge is -2.13. The normalized spacial score (nSPS) is 18.0. The summed E-state index contributed by atoms with van der Waals surface area (Å²) in [5.41, 5.74) is 0.629. The molecule has 1 aromatic rings. The van der Waals surface area contributed by atoms with Gasteiger partial charge in [-0.05, 0) is 63.9 Å². The lowest BCUT2D eigenvalue weighted by atomic mass is 10.1. The lowest BCUT2D eigenvalue weighted by molar-refractivity contribution is 0.0951. The van der Waals surface area contributed by atoms with Crippen molar-refractivity contribution in [2.75, 3.05) is 19.6 Å². The second kappa shape index (κ2) is 7.80. The predicted molar refractivity (Wildman–Crippen MR) is 87.8 cm³/mol. The molecule has 1 amide bonds. The van der Waals surface area contributed by atoms with Gasteiger partial charge in [0, 0.05) is 16.6 Å². The molecule has 0 aromatic heterocycles. The molecule has 21 heavy (non-hydrogen) atoms. The highest BCUT2D eigenvalue weighted by Crippen LogP contribution is 2.22. The van der Waals surface area contributed by atoms with E-state index in [4.69, 9.17) is 4.74 Å². The molecular formula is C16H23BrN2O2. The van der Waals surface area contributed by atoms with Crippen molar-refractivity contribution >= 4 is 21.8 Å². The van der Waals surface area contributed by atoms with Gasteiger partial charge in [0.1, 0.15) is 5.75 Å². The minimum Gasteiger partial charge on any atom is -0.491 e. The first-order valence-electron chi connectivity index (χ1n) is 7.51. The van der Waals surface area contributed by atoms with Crippen LogP contribution in [0, 0.1) is 5.92 Å². The van der Waals surface area contributed by atoms with Crippen molar-refractivity contribution in [3.8, 4) is 5.75 Å². The van der Waals surface area contributed by atoms with E-state index >= 15 is 0 Å². The van der Waals surface area contributed by atoms with E-state index in [0.717, 1.165) is 30.5 Å². The first kappa shape index (κ1) is 16.3. The van der Waals surface area contributed by atoms with E-state index in [1.165, 1.54) is 6.42 Å². The molecular weight excluding hydrogens is 332 g/mol. The maximum absolute atomic E-state index is 12.2. The molecule has 0 aliphatic carbocycles. The van der Waals surface area contributed by atoms with E-state index in [9.17, 15) is 4.79 Å². The number of carbonyl (C=O) groups is 1. The number of hydrogen-bond acceptors (Lipinski definition) is 3. The van der Waals surface area contributed by atoms with Crippen LogP contribution >= 0.6 is 15.9 Å². The van der Waals surface area contributed by atoms with E-state index in [1.807, 2.05) is 26.0 Å². The number of benzene rings is 1. The van der Waals surface area contributed by atoms with Gasteiger partial charge in [-0.2, -0.15) is 0 Å². The molecule has 0 radical (unpaired) electrons. The third-order valence-electron chi connectivity index (χ3n) is 3.51. The average Bonchev–Trinajstić information content (AvgIpc) is 2.90. The van der Waals surface area contributed by atoms with Gasteiger partial charge in [-0.25, -0.2) is 0 Å². The van der Waals surface area contributed by atoms with Gasteiger partial charge in [-0.15, -0.1) is 0 Å². The Morgan fingerprint density at radius 3 is 2.95 bits per heavy atom. The maximum Gasteiger partial charge on any atom is 0.251 e. The summed E-state index contributed by atoms with van der Waals surface area (Å²) in [6.07, 6.45) is 2.33. The quantitative estimate of drug-likeness (QED) is 0.825. The van der Waals surface area contributed by atoms with Crippen molar-refractivity contribution in [3.63, 3.8) is 0 Å². The van der Waals surface area contributed by atoms with Gasteiger partial charge in [0.05, 0.1) is 6.10 Å². The topological polar surface area (TPSA) is 50.4 Å². The number of halogens is 1. The van der Waals surface area contributed by atoms with Gasteiger partial charge in [0.25, 0.3) is 5.91 Å². The molecule has 1 saturated heterocycles. The second-order valence-corrected chi connectivity index (χ2v) is 6.66. The largest absolute Gasteiger partial charge is 0.491 e. The fourth-order valence-electron chi connectivity index (χ4n) is 2.49. The molecule has 1 heterocycles. The van der Waals surface area contributed by atoms with Crippen LogP contribution in [0.5, 0.6) is 5.75 Å². The van der Waals surface area contributed by atoms with E-state index in [1.54, 1.807) is 6.07 Å². The molecule has 0 bridgehead atoms. The molecule has 1 aliphatic rings. The summed E-state index contributed by atoms with van der Waals surface area (Å²) in [5, 5.41) is 6.33. The molecule has 2 rings (SSSR count). The van der Waals surface area contributed by atoms with Crippen molar-refractivity contribution in [1.82, 2.24) is 10.6 Å². The first-order valence-corrected chi connectivity index (χ1v) is 8.30. The Morgan fingerprint density at radius 2 is 2.29 bits per heavy atom. The first-order chi connectivity index (χ1) is 10.0. The van der Waals surface area contributed by atoms with Gasteiger partial charge in [0.2, 0.25) is 0 Å². The van der Waals surface area contributed by atoms with Crippen molar-refractivity contribution < 1.29 is 9.53 Å². The smallest absolute Gasteiger partial charge is 0.251 e. The standard InChI is InChI=1S/C16H23BrN2O2/c1-11(2)21-15-8-13(7-14(17)9-15)16(20)19-6-4-12-3-5-18-10-12/h7-9,11-12,18H,3-6,10H2,1-2H3,(H,19,20). The number of rotatable bonds is 6. The number of carbonyl (C=O) groups excluding carboxylic acids is 1. The Labute approximate surface area is 134 Å². The van der Waals surface area contributed by atoms with Crippen LogP contribution in [0.4, 0.5) is 0 Å². The molecule has 0 spiro atoms. The Hall–Kier alpha value is -1.07. The van der Waals surface area contributed by atoms with Crippen molar-refractivity contribution in [1.29, 1.82) is 0 Å². The Kier molecular flexibility index (Phi) is 6.06. The number of hydrogen-bond donors (Lipinski definition) is 2. The van der Waals surface area contributed by atoms with Crippen LogP contribution in [0.25, 0.3) is 0 Å². The summed E-state index contributed by atoms with van der Waals surface area (Å²) >= 11 is 3.43. The Bertz CT molecular complexity index is 485. The van der Waals surface area contributed by atoms with Gasteiger partial charge in [-0.3, -0.25) is 4.79 Å². The van der Waals surface area contributed by atoms with Crippen LogP contribution in [0.1, 0.15) is 37.0 Å². The maximum atomic E-state index is 12.2. The van der Waals surface area contributed by atoms with Crippen molar-refractivity contribution in [2.45, 2.75) is 32.8 Å². The highest BCUT2D eigenvalue weighted by atomic mass is 79.9. The number of amides is 1. The molecule has 116 valence electrons. The number of nitrogens with one attached hydrogen (secondary N) is 2. The fraction of sp³-hybridized carbons (Fsp3) is 0.562. The Morgan fingerprint density at radius 1 is 1.48 bits per heavy atom. The zero-order chi connectivity index (χ0) is 15.2. The van der Waals surface area contributed by atoms with E-state index in [2.05, 4.69) is 26.6 Å². The third-order valence-corrected chi connectivity index (χ3v) is 3.96. The lowest BCUT2D eigenvalue weighted by Crippen LogP contribution is -2.26. The highest BCUT2D eigenvalue weighted by molar-refractivity contribution is 9.10. The molecule has 1 fully saturated rings. The molecule has 5 heteroatoms. The monoisotopic (exact) mass is 354 g/mol. The summed E-state index contributed by atoms with van der Waals surface area (Å²) in [7, 11) is 0. The zero-order valence-corrected chi connectivity index (χ0v) is 14.2. The van der Waals surface area contributed by atoms with E-state index in [0.29, 0.717) is 17.2 Å². The van der Waals surface area contributed by atoms with Crippen LogP contribution in [0.3, 0.4) is 0 Å². The summed E-state index contributed by atoms with van der Waals surface area (Å²) in [6.45, 7) is 6.82. The van der Waals surface area contributed by atoms with E-state index in [-0.39, 0.29) is 12.0 Å². The number of ether oxygens (including phenoxy) is 1. The zero-order valence-electron chi connectivity index (χ0n) is 12.6. The van der Waals surface area contributed by atoms with Gasteiger partial charge in [0.15, 0.2) is 0 Å². The van der Waals surface area contributed by atoms with Crippen molar-refractivity contribution in [2.24, 2.45) is 5.92 Å². The molecule has 4 nitrogen and oxygen atoms in total. The fourth-order valence-corrected chi connectivity index (χ4v) is 2.96. The van der Waals surface area contributed by atoms with Crippen LogP contribution in [0.15, 0.2) is 22.7 Å². The van der Waals surface area contributed by atoms with Crippen LogP contribution in [-0.2, 0) is 0 Å². The highest BCUT2D eigenvalue weighted by Gasteiger charge is 2.15. The Balaban J connectivity index is 1.89. The molecule has 1 aliphatic heterocycles. The summed E-state index contributed by atoms with van der Waals surface area (Å²) in [6, 6.07) is 5.48. The van der Waals surface area contributed by atoms with Crippen molar-refractivity contribution in [3.05, 3.63) is 28.2 Å².